The number of nitrogens with one attached hydrogen (secondary N) is 3. The number of thiophene rings is 1. The summed E-state index contributed by atoms with van der Waals surface area (Å²) in [6, 6.07) is 15.6. The van der Waals surface area contributed by atoms with E-state index < -0.39 is 15.9 Å². The number of amides is 1. The summed E-state index contributed by atoms with van der Waals surface area (Å²) in [6.07, 6.45) is 4.31. The van der Waals surface area contributed by atoms with Crippen LogP contribution >= 0.6 is 11.3 Å². The molecule has 1 amide bonds. The lowest BCUT2D eigenvalue weighted by Crippen LogP contribution is -2.21. The second-order valence-corrected chi connectivity index (χ2v) is 9.58. The number of carbonyl (C=O) groups excluding carboxylic acids is 1. The van der Waals surface area contributed by atoms with Crippen LogP contribution in [0.5, 0.6) is 0 Å². The number of aromatic amines is 1. The third-order valence-corrected chi connectivity index (χ3v) is 7.52. The summed E-state index contributed by atoms with van der Waals surface area (Å²) in [4.78, 5) is 15.9. The minimum absolute atomic E-state index is 0.173. The summed E-state index contributed by atoms with van der Waals surface area (Å²) in [5.41, 5.74) is 5.93. The second-order valence-electron chi connectivity index (χ2n) is 6.72. The minimum Gasteiger partial charge on any atom is -0.360 e. The molecule has 0 radical (unpaired) electrons. The molecule has 4 aromatic rings. The molecule has 0 bridgehead atoms. The first-order valence-electron chi connectivity index (χ1n) is 9.57. The average molecular weight is 453 g/mol. The van der Waals surface area contributed by atoms with E-state index >= 15 is 0 Å². The van der Waals surface area contributed by atoms with Crippen LogP contribution in [0.25, 0.3) is 10.9 Å². The molecular weight excluding hydrogens is 432 g/mol. The number of fused-ring (bicyclic) bond motifs is 1. The van der Waals surface area contributed by atoms with Crippen LogP contribution in [0.2, 0.25) is 0 Å². The van der Waals surface area contributed by atoms with E-state index in [1.807, 2.05) is 18.3 Å². The molecule has 0 spiro atoms. The van der Waals surface area contributed by atoms with E-state index in [1.165, 1.54) is 23.8 Å². The number of carbonyl (C=O) groups is 1. The van der Waals surface area contributed by atoms with Gasteiger partial charge in [0.05, 0.1) is 17.5 Å². The molecule has 0 unspecified atom stereocenters. The van der Waals surface area contributed by atoms with E-state index in [-0.39, 0.29) is 15.5 Å². The highest BCUT2D eigenvalue weighted by atomic mass is 32.2. The fourth-order valence-electron chi connectivity index (χ4n) is 3.24. The van der Waals surface area contributed by atoms with Crippen molar-refractivity contribution < 1.29 is 13.2 Å². The zero-order chi connectivity index (χ0) is 21.8. The number of para-hydroxylation sites is 2. The predicted molar refractivity (Wildman–Crippen MR) is 124 cm³/mol. The van der Waals surface area contributed by atoms with Crippen LogP contribution in [-0.2, 0) is 16.4 Å². The SMILES string of the molecule is CCc1cccc2c(C=NNC(=O)c3ccccc3NS(=O)(=O)c3cccs3)c[nH]c12. The molecule has 4 rings (SSSR count). The quantitative estimate of drug-likeness (QED) is 0.287. The van der Waals surface area contributed by atoms with Crippen molar-refractivity contribution in [3.63, 3.8) is 0 Å². The Bertz CT molecular complexity index is 1360. The zero-order valence-electron chi connectivity index (χ0n) is 16.6. The summed E-state index contributed by atoms with van der Waals surface area (Å²) in [5.74, 6) is -0.519. The first-order chi connectivity index (χ1) is 15.0. The molecule has 2 heterocycles. The number of hydrazone groups is 1. The lowest BCUT2D eigenvalue weighted by molar-refractivity contribution is 0.0956. The first-order valence-corrected chi connectivity index (χ1v) is 11.9. The Hall–Kier alpha value is -3.43. The molecule has 0 fully saturated rings. The van der Waals surface area contributed by atoms with Crippen molar-refractivity contribution in [3.8, 4) is 0 Å². The number of benzene rings is 2. The molecule has 158 valence electrons. The summed E-state index contributed by atoms with van der Waals surface area (Å²) in [7, 11) is -3.77. The van der Waals surface area contributed by atoms with E-state index in [9.17, 15) is 13.2 Å². The highest BCUT2D eigenvalue weighted by Gasteiger charge is 2.19. The molecule has 0 atom stereocenters. The van der Waals surface area contributed by atoms with Crippen LogP contribution < -0.4 is 10.1 Å². The van der Waals surface area contributed by atoms with Crippen molar-refractivity contribution in [2.24, 2.45) is 5.10 Å². The summed E-state index contributed by atoms with van der Waals surface area (Å²) < 4.78 is 27.7. The first kappa shape index (κ1) is 20.8. The Morgan fingerprint density at radius 1 is 1.13 bits per heavy atom. The van der Waals surface area contributed by atoms with Crippen LogP contribution in [0, 0.1) is 0 Å². The number of hydrogen-bond donors (Lipinski definition) is 3. The maximum atomic E-state index is 12.7. The molecule has 7 nitrogen and oxygen atoms in total. The van der Waals surface area contributed by atoms with Gasteiger partial charge in [-0.2, -0.15) is 5.10 Å². The smallest absolute Gasteiger partial charge is 0.273 e. The number of hydrogen-bond acceptors (Lipinski definition) is 5. The molecule has 3 N–H and O–H groups in total. The van der Waals surface area contributed by atoms with Gasteiger partial charge in [0.2, 0.25) is 0 Å². The maximum absolute atomic E-state index is 12.7. The molecule has 31 heavy (non-hydrogen) atoms. The molecule has 9 heteroatoms. The largest absolute Gasteiger partial charge is 0.360 e. The number of sulfonamides is 1. The second kappa shape index (κ2) is 8.75. The lowest BCUT2D eigenvalue weighted by atomic mass is 10.1. The molecule has 0 saturated heterocycles. The fraction of sp³-hybridized carbons (Fsp3) is 0.0909. The maximum Gasteiger partial charge on any atom is 0.273 e. The van der Waals surface area contributed by atoms with Gasteiger partial charge in [0.25, 0.3) is 15.9 Å². The highest BCUT2D eigenvalue weighted by molar-refractivity contribution is 7.94. The van der Waals surface area contributed by atoms with Gasteiger partial charge >= 0.3 is 0 Å². The van der Waals surface area contributed by atoms with Crippen molar-refractivity contribution in [1.29, 1.82) is 0 Å². The number of aryl methyl sites for hydroxylation is 1. The van der Waals surface area contributed by atoms with Gasteiger partial charge in [-0.05, 0) is 35.6 Å². The van der Waals surface area contributed by atoms with E-state index in [4.69, 9.17) is 0 Å². The van der Waals surface area contributed by atoms with Crippen LogP contribution in [0.1, 0.15) is 28.4 Å². The topological polar surface area (TPSA) is 103 Å². The Balaban J connectivity index is 1.52. The lowest BCUT2D eigenvalue weighted by Gasteiger charge is -2.10. The van der Waals surface area contributed by atoms with Crippen LogP contribution in [0.15, 0.2) is 75.5 Å². The van der Waals surface area contributed by atoms with Gasteiger partial charge in [-0.15, -0.1) is 11.3 Å². The molecule has 0 aliphatic rings. The minimum atomic E-state index is -3.77. The summed E-state index contributed by atoms with van der Waals surface area (Å²) >= 11 is 1.10. The zero-order valence-corrected chi connectivity index (χ0v) is 18.3. The Morgan fingerprint density at radius 2 is 1.97 bits per heavy atom. The number of nitrogens with zero attached hydrogens (tertiary/aromatic N) is 1. The molecule has 0 saturated carbocycles. The van der Waals surface area contributed by atoms with Gasteiger partial charge in [0, 0.05) is 22.7 Å². The number of anilines is 1. The van der Waals surface area contributed by atoms with Crippen molar-refractivity contribution >= 4 is 50.1 Å². The van der Waals surface area contributed by atoms with Crippen LogP contribution in [0.4, 0.5) is 5.69 Å². The average Bonchev–Trinajstić information content (AvgIpc) is 3.44. The van der Waals surface area contributed by atoms with Crippen molar-refractivity contribution in [2.75, 3.05) is 4.72 Å². The Labute approximate surface area is 183 Å². The van der Waals surface area contributed by atoms with E-state index in [0.29, 0.717) is 0 Å². The van der Waals surface area contributed by atoms with E-state index in [1.54, 1.807) is 29.8 Å². The third-order valence-electron chi connectivity index (χ3n) is 4.76. The van der Waals surface area contributed by atoms with Gasteiger partial charge < -0.3 is 4.98 Å². The van der Waals surface area contributed by atoms with Crippen molar-refractivity contribution in [1.82, 2.24) is 10.4 Å². The standard InChI is InChI=1S/C22H20N4O3S2/c1-2-15-7-5-9-17-16(13-23-21(15)17)14-24-25-22(27)18-8-3-4-10-19(18)26-31(28,29)20-11-6-12-30-20/h3-14,23,26H,2H2,1H3,(H,25,27). The summed E-state index contributed by atoms with van der Waals surface area (Å²) in [5, 5.41) is 6.76. The number of H-pyrrole nitrogens is 1. The van der Waals surface area contributed by atoms with Gasteiger partial charge in [-0.3, -0.25) is 9.52 Å². The van der Waals surface area contributed by atoms with Crippen LogP contribution in [-0.4, -0.2) is 25.5 Å². The monoisotopic (exact) mass is 452 g/mol. The number of rotatable bonds is 7. The Kier molecular flexibility index (Phi) is 5.88. The van der Waals surface area contributed by atoms with Crippen molar-refractivity contribution in [2.45, 2.75) is 17.6 Å². The van der Waals surface area contributed by atoms with Gasteiger partial charge in [0.15, 0.2) is 0 Å². The Morgan fingerprint density at radius 3 is 2.74 bits per heavy atom. The highest BCUT2D eigenvalue weighted by Crippen LogP contribution is 2.23. The molecule has 2 aromatic carbocycles. The van der Waals surface area contributed by atoms with E-state index in [2.05, 4.69) is 33.2 Å². The van der Waals surface area contributed by atoms with Gasteiger partial charge in [-0.25, -0.2) is 13.8 Å². The summed E-state index contributed by atoms with van der Waals surface area (Å²) in [6.45, 7) is 2.09. The normalized spacial score (nSPS) is 11.8. The molecular formula is C22H20N4O3S2. The van der Waals surface area contributed by atoms with Gasteiger partial charge in [-0.1, -0.05) is 43.3 Å². The number of aromatic nitrogens is 1. The van der Waals surface area contributed by atoms with E-state index in [0.717, 1.165) is 34.2 Å². The molecule has 0 aliphatic carbocycles. The fourth-order valence-corrected chi connectivity index (χ4v) is 5.32. The third kappa shape index (κ3) is 4.37. The van der Waals surface area contributed by atoms with Crippen molar-refractivity contribution in [3.05, 3.63) is 82.9 Å². The van der Waals surface area contributed by atoms with Gasteiger partial charge in [0.1, 0.15) is 4.21 Å². The van der Waals surface area contributed by atoms with Crippen LogP contribution in [0.3, 0.4) is 0 Å². The molecule has 0 aliphatic heterocycles. The predicted octanol–water partition coefficient (Wildman–Crippen LogP) is 4.36. The molecule has 2 aromatic heterocycles.